The first-order chi connectivity index (χ1) is 14.1. The lowest BCUT2D eigenvalue weighted by Gasteiger charge is -2.14. The van der Waals surface area contributed by atoms with Crippen molar-refractivity contribution >= 4 is 40.5 Å². The molecule has 0 radical (unpaired) electrons. The van der Waals surface area contributed by atoms with Crippen molar-refractivity contribution in [3.05, 3.63) is 84.2 Å². The number of hydrogen-bond acceptors (Lipinski definition) is 5. The highest BCUT2D eigenvalue weighted by atomic mass is 16.4. The zero-order valence-corrected chi connectivity index (χ0v) is 15.4. The van der Waals surface area contributed by atoms with Crippen LogP contribution in [0.1, 0.15) is 15.9 Å². The summed E-state index contributed by atoms with van der Waals surface area (Å²) in [6.45, 7) is 0.310. The van der Waals surface area contributed by atoms with Gasteiger partial charge in [-0.1, -0.05) is 24.3 Å². The molecule has 0 saturated heterocycles. The summed E-state index contributed by atoms with van der Waals surface area (Å²) in [6, 6.07) is 17.7. The van der Waals surface area contributed by atoms with Gasteiger partial charge in [0.15, 0.2) is 5.58 Å². The molecule has 0 aliphatic heterocycles. The number of carbonyl (C=O) groups is 2. The second-order valence-corrected chi connectivity index (χ2v) is 6.47. The largest absolute Gasteiger partial charge is 0.438 e. The molecule has 0 aliphatic rings. The molecule has 0 spiro atoms. The van der Waals surface area contributed by atoms with Crippen LogP contribution in [0.15, 0.2) is 77.5 Å². The van der Waals surface area contributed by atoms with E-state index in [1.807, 2.05) is 6.07 Å². The molecule has 2 amide bonds. The molecule has 2 aromatic carbocycles. The van der Waals surface area contributed by atoms with Crippen molar-refractivity contribution in [2.45, 2.75) is 6.54 Å². The highest BCUT2D eigenvalue weighted by Crippen LogP contribution is 2.26. The minimum absolute atomic E-state index is 0.258. The number of fused-ring (bicyclic) bond motifs is 1. The van der Waals surface area contributed by atoms with Crippen LogP contribution in [0.25, 0.3) is 11.0 Å². The van der Waals surface area contributed by atoms with Crippen molar-refractivity contribution < 1.29 is 14.0 Å². The maximum atomic E-state index is 12.4. The number of anilines is 3. The average molecular weight is 386 g/mol. The number of benzene rings is 2. The quantitative estimate of drug-likeness (QED) is 0.387. The first kappa shape index (κ1) is 18.2. The topological polar surface area (TPSA) is 101 Å². The second-order valence-electron chi connectivity index (χ2n) is 6.47. The third kappa shape index (κ3) is 3.93. The number of para-hydroxylation sites is 2. The van der Waals surface area contributed by atoms with E-state index in [0.717, 1.165) is 10.9 Å². The molecule has 2 aromatic heterocycles. The maximum absolute atomic E-state index is 12.4. The zero-order valence-electron chi connectivity index (χ0n) is 15.4. The van der Waals surface area contributed by atoms with Gasteiger partial charge in [0.2, 0.25) is 12.3 Å². The van der Waals surface area contributed by atoms with Gasteiger partial charge in [-0.15, -0.1) is 0 Å². The Balaban J connectivity index is 1.47. The van der Waals surface area contributed by atoms with Crippen LogP contribution in [0, 0.1) is 0 Å². The summed E-state index contributed by atoms with van der Waals surface area (Å²) in [7, 11) is 0. The number of nitrogens with zero attached hydrogens (tertiary/aromatic N) is 2. The standard InChI is InChI=1S/C22H18N4O3/c23-18-3-1-2-4-19(18)25-22(28)16-7-5-15(6-8-16)13-26(14-27)21-11-17-9-10-24-12-20(17)29-21/h1-12,14H,13,23H2,(H,25,28). The summed E-state index contributed by atoms with van der Waals surface area (Å²) < 4.78 is 5.69. The van der Waals surface area contributed by atoms with Crippen LogP contribution in [-0.2, 0) is 11.3 Å². The molecule has 0 aliphatic carbocycles. The van der Waals surface area contributed by atoms with E-state index < -0.39 is 0 Å². The van der Waals surface area contributed by atoms with Gasteiger partial charge in [-0.3, -0.25) is 19.5 Å². The van der Waals surface area contributed by atoms with Crippen molar-refractivity contribution in [1.29, 1.82) is 0 Å². The van der Waals surface area contributed by atoms with E-state index >= 15 is 0 Å². The van der Waals surface area contributed by atoms with Crippen LogP contribution < -0.4 is 16.0 Å². The lowest BCUT2D eigenvalue weighted by atomic mass is 10.1. The Morgan fingerprint density at radius 2 is 1.93 bits per heavy atom. The van der Waals surface area contributed by atoms with Gasteiger partial charge in [0.05, 0.1) is 24.1 Å². The van der Waals surface area contributed by atoms with E-state index in [2.05, 4.69) is 10.3 Å². The Hall–Kier alpha value is -4.13. The fraction of sp³-hybridized carbons (Fsp3) is 0.0455. The van der Waals surface area contributed by atoms with Crippen molar-refractivity contribution in [3.63, 3.8) is 0 Å². The first-order valence-electron chi connectivity index (χ1n) is 8.94. The van der Waals surface area contributed by atoms with Crippen LogP contribution in [-0.4, -0.2) is 17.3 Å². The van der Waals surface area contributed by atoms with Crippen molar-refractivity contribution in [2.24, 2.45) is 0 Å². The van der Waals surface area contributed by atoms with Crippen molar-refractivity contribution in [2.75, 3.05) is 16.0 Å². The van der Waals surface area contributed by atoms with Gasteiger partial charge < -0.3 is 15.5 Å². The number of amides is 2. The maximum Gasteiger partial charge on any atom is 0.255 e. The Bertz CT molecular complexity index is 1140. The lowest BCUT2D eigenvalue weighted by Crippen LogP contribution is -2.20. The highest BCUT2D eigenvalue weighted by molar-refractivity contribution is 6.05. The third-order valence-corrected chi connectivity index (χ3v) is 4.50. The van der Waals surface area contributed by atoms with Crippen LogP contribution in [0.5, 0.6) is 0 Å². The van der Waals surface area contributed by atoms with E-state index in [0.29, 0.717) is 41.4 Å². The number of hydrogen-bond donors (Lipinski definition) is 2. The summed E-state index contributed by atoms with van der Waals surface area (Å²) in [5.74, 6) is 0.177. The van der Waals surface area contributed by atoms with E-state index in [1.165, 1.54) is 4.90 Å². The monoisotopic (exact) mass is 386 g/mol. The summed E-state index contributed by atoms with van der Waals surface area (Å²) in [4.78, 5) is 29.5. The Labute approximate surface area is 166 Å². The molecule has 7 nitrogen and oxygen atoms in total. The SMILES string of the molecule is Nc1ccccc1NC(=O)c1ccc(CN(C=O)c2cc3ccncc3o2)cc1. The number of nitrogen functional groups attached to an aromatic ring is 1. The molecule has 4 aromatic rings. The van der Waals surface area contributed by atoms with Crippen LogP contribution in [0.3, 0.4) is 0 Å². The summed E-state index contributed by atoms with van der Waals surface area (Å²) in [5.41, 5.74) is 8.88. The number of carbonyl (C=O) groups excluding carboxylic acids is 2. The lowest BCUT2D eigenvalue weighted by molar-refractivity contribution is -0.107. The van der Waals surface area contributed by atoms with Gasteiger partial charge in [0.25, 0.3) is 5.91 Å². The van der Waals surface area contributed by atoms with E-state index in [-0.39, 0.29) is 5.91 Å². The molecule has 7 heteroatoms. The number of nitrogens with one attached hydrogen (secondary N) is 1. The number of aromatic nitrogens is 1. The average Bonchev–Trinajstić information content (AvgIpc) is 3.18. The Morgan fingerprint density at radius 3 is 2.66 bits per heavy atom. The number of rotatable bonds is 6. The molecule has 4 rings (SSSR count). The van der Waals surface area contributed by atoms with Gasteiger partial charge in [-0.25, -0.2) is 0 Å². The molecule has 29 heavy (non-hydrogen) atoms. The Morgan fingerprint density at radius 1 is 1.14 bits per heavy atom. The van der Waals surface area contributed by atoms with E-state index in [9.17, 15) is 9.59 Å². The third-order valence-electron chi connectivity index (χ3n) is 4.50. The molecular formula is C22H18N4O3. The molecule has 2 heterocycles. The number of pyridine rings is 1. The molecule has 3 N–H and O–H groups in total. The van der Waals surface area contributed by atoms with Gasteiger partial charge in [-0.2, -0.15) is 0 Å². The second kappa shape index (κ2) is 7.85. The predicted molar refractivity (Wildman–Crippen MR) is 112 cm³/mol. The highest BCUT2D eigenvalue weighted by Gasteiger charge is 2.13. The smallest absolute Gasteiger partial charge is 0.255 e. The summed E-state index contributed by atoms with van der Waals surface area (Å²) in [6.07, 6.45) is 3.98. The van der Waals surface area contributed by atoms with Gasteiger partial charge >= 0.3 is 0 Å². The molecule has 0 atom stereocenters. The predicted octanol–water partition coefficient (Wildman–Crippen LogP) is 3.83. The van der Waals surface area contributed by atoms with E-state index in [1.54, 1.807) is 67.0 Å². The minimum atomic E-state index is -0.258. The van der Waals surface area contributed by atoms with Gasteiger partial charge in [0.1, 0.15) is 0 Å². The molecule has 0 unspecified atom stereocenters. The molecule has 0 fully saturated rings. The Kier molecular flexibility index (Phi) is 4.94. The van der Waals surface area contributed by atoms with Crippen LogP contribution in [0.4, 0.5) is 17.3 Å². The zero-order chi connectivity index (χ0) is 20.2. The fourth-order valence-corrected chi connectivity index (χ4v) is 2.94. The number of nitrogens with two attached hydrogens (primary N) is 1. The van der Waals surface area contributed by atoms with Gasteiger partial charge in [0, 0.05) is 23.2 Å². The van der Waals surface area contributed by atoms with Crippen molar-refractivity contribution in [1.82, 2.24) is 4.98 Å². The fourth-order valence-electron chi connectivity index (χ4n) is 2.94. The minimum Gasteiger partial charge on any atom is -0.438 e. The summed E-state index contributed by atoms with van der Waals surface area (Å²) >= 11 is 0. The van der Waals surface area contributed by atoms with Gasteiger partial charge in [-0.05, 0) is 35.9 Å². The van der Waals surface area contributed by atoms with Crippen LogP contribution in [0.2, 0.25) is 0 Å². The normalized spacial score (nSPS) is 10.6. The first-order valence-corrected chi connectivity index (χ1v) is 8.94. The summed E-state index contributed by atoms with van der Waals surface area (Å²) in [5, 5.41) is 3.66. The molecule has 0 bridgehead atoms. The molecule has 144 valence electrons. The van der Waals surface area contributed by atoms with Crippen molar-refractivity contribution in [3.8, 4) is 0 Å². The molecule has 0 saturated carbocycles. The molecular weight excluding hydrogens is 368 g/mol. The number of furan rings is 1. The van der Waals surface area contributed by atoms with Crippen LogP contribution >= 0.6 is 0 Å². The van der Waals surface area contributed by atoms with E-state index in [4.69, 9.17) is 10.2 Å².